The Kier molecular flexibility index (Phi) is 5.12. The SMILES string of the molecule is CC.c1ccc(CN2CCCN(c3ncnc4[nH]ccc34)CC23CC3)cc1. The van der Waals surface area contributed by atoms with Crippen molar-refractivity contribution in [2.45, 2.75) is 45.2 Å². The minimum atomic E-state index is 0.319. The zero-order valence-electron chi connectivity index (χ0n) is 16.4. The molecule has 0 amide bonds. The molecule has 5 nitrogen and oxygen atoms in total. The number of hydrogen-bond acceptors (Lipinski definition) is 4. The van der Waals surface area contributed by atoms with Gasteiger partial charge in [0.1, 0.15) is 17.8 Å². The van der Waals surface area contributed by atoms with E-state index in [0.717, 1.165) is 43.0 Å². The van der Waals surface area contributed by atoms with E-state index < -0.39 is 0 Å². The molecule has 2 fully saturated rings. The van der Waals surface area contributed by atoms with E-state index in [1.165, 1.54) is 24.8 Å². The van der Waals surface area contributed by atoms with Gasteiger partial charge in [0.05, 0.1) is 5.39 Å². The van der Waals surface area contributed by atoms with Crippen molar-refractivity contribution in [3.05, 3.63) is 54.5 Å². The molecule has 1 saturated carbocycles. The van der Waals surface area contributed by atoms with E-state index >= 15 is 0 Å². The number of rotatable bonds is 3. The van der Waals surface area contributed by atoms with Gasteiger partial charge in [-0.15, -0.1) is 0 Å². The van der Waals surface area contributed by atoms with Crippen molar-refractivity contribution in [3.63, 3.8) is 0 Å². The third-order valence-electron chi connectivity index (χ3n) is 5.69. The zero-order chi connectivity index (χ0) is 18.7. The lowest BCUT2D eigenvalue weighted by Gasteiger charge is -2.32. The van der Waals surface area contributed by atoms with Gasteiger partial charge in [0.25, 0.3) is 0 Å². The average Bonchev–Trinajstić information content (AvgIpc) is 3.39. The number of anilines is 1. The summed E-state index contributed by atoms with van der Waals surface area (Å²) < 4.78 is 0. The highest BCUT2D eigenvalue weighted by Crippen LogP contribution is 2.45. The fourth-order valence-electron chi connectivity index (χ4n) is 4.18. The van der Waals surface area contributed by atoms with Gasteiger partial charge >= 0.3 is 0 Å². The normalized spacial score (nSPS) is 18.8. The fraction of sp³-hybridized carbons (Fsp3) is 0.455. The molecule has 5 rings (SSSR count). The van der Waals surface area contributed by atoms with Gasteiger partial charge in [0.15, 0.2) is 0 Å². The number of H-pyrrole nitrogens is 1. The molecule has 2 aliphatic rings. The number of hydrogen-bond donors (Lipinski definition) is 1. The number of aromatic nitrogens is 3. The third-order valence-corrected chi connectivity index (χ3v) is 5.69. The summed E-state index contributed by atoms with van der Waals surface area (Å²) in [5.74, 6) is 1.08. The van der Waals surface area contributed by atoms with Crippen molar-refractivity contribution >= 4 is 16.9 Å². The molecule has 1 aromatic carbocycles. The van der Waals surface area contributed by atoms with Crippen molar-refractivity contribution < 1.29 is 0 Å². The summed E-state index contributed by atoms with van der Waals surface area (Å²) in [7, 11) is 0. The lowest BCUT2D eigenvalue weighted by Crippen LogP contribution is -2.43. The Morgan fingerprint density at radius 1 is 1.04 bits per heavy atom. The van der Waals surface area contributed by atoms with Gasteiger partial charge in [-0.2, -0.15) is 0 Å². The molecule has 0 bridgehead atoms. The average molecular weight is 364 g/mol. The quantitative estimate of drug-likeness (QED) is 0.756. The first-order chi connectivity index (χ1) is 13.3. The summed E-state index contributed by atoms with van der Waals surface area (Å²) in [6.45, 7) is 8.34. The van der Waals surface area contributed by atoms with Gasteiger partial charge < -0.3 is 9.88 Å². The minimum absolute atomic E-state index is 0.319. The van der Waals surface area contributed by atoms with Crippen LogP contribution in [0.4, 0.5) is 5.82 Å². The lowest BCUT2D eigenvalue weighted by molar-refractivity contribution is 0.183. The molecular formula is C22H29N5. The second-order valence-corrected chi connectivity index (χ2v) is 7.34. The molecule has 5 heteroatoms. The van der Waals surface area contributed by atoms with Gasteiger partial charge in [0.2, 0.25) is 0 Å². The Labute approximate surface area is 161 Å². The van der Waals surface area contributed by atoms with Crippen molar-refractivity contribution in [1.82, 2.24) is 19.9 Å². The number of benzene rings is 1. The maximum Gasteiger partial charge on any atom is 0.142 e. The third kappa shape index (κ3) is 3.56. The van der Waals surface area contributed by atoms with Gasteiger partial charge in [-0.25, -0.2) is 9.97 Å². The Morgan fingerprint density at radius 3 is 2.63 bits per heavy atom. The molecule has 1 aliphatic heterocycles. The van der Waals surface area contributed by atoms with Crippen LogP contribution in [0.5, 0.6) is 0 Å². The highest BCUT2D eigenvalue weighted by Gasteiger charge is 2.50. The molecule has 142 valence electrons. The van der Waals surface area contributed by atoms with Gasteiger partial charge in [0, 0.05) is 37.9 Å². The van der Waals surface area contributed by atoms with Gasteiger partial charge in [-0.3, -0.25) is 4.90 Å². The first-order valence-electron chi connectivity index (χ1n) is 10.2. The second kappa shape index (κ2) is 7.69. The van der Waals surface area contributed by atoms with E-state index in [0.29, 0.717) is 5.54 Å². The summed E-state index contributed by atoms with van der Waals surface area (Å²) in [4.78, 5) is 17.4. The highest BCUT2D eigenvalue weighted by atomic mass is 15.3. The molecule has 3 heterocycles. The van der Waals surface area contributed by atoms with Crippen LogP contribution in [-0.2, 0) is 6.54 Å². The summed E-state index contributed by atoms with van der Waals surface area (Å²) in [5, 5.41) is 1.13. The lowest BCUT2D eigenvalue weighted by atomic mass is 10.1. The predicted molar refractivity (Wildman–Crippen MR) is 111 cm³/mol. The molecule has 1 aliphatic carbocycles. The van der Waals surface area contributed by atoms with Crippen LogP contribution in [-0.4, -0.2) is 45.0 Å². The maximum absolute atomic E-state index is 4.62. The molecular weight excluding hydrogens is 334 g/mol. The second-order valence-electron chi connectivity index (χ2n) is 7.34. The number of aromatic amines is 1. The van der Waals surface area contributed by atoms with Gasteiger partial charge in [-0.05, 0) is 30.9 Å². The predicted octanol–water partition coefficient (Wildman–Crippen LogP) is 4.23. The van der Waals surface area contributed by atoms with E-state index in [9.17, 15) is 0 Å². The topological polar surface area (TPSA) is 48.1 Å². The number of nitrogens with zero attached hydrogens (tertiary/aromatic N) is 4. The molecule has 0 atom stereocenters. The molecule has 27 heavy (non-hydrogen) atoms. The summed E-state index contributed by atoms with van der Waals surface area (Å²) in [5.41, 5.74) is 2.66. The fourth-order valence-corrected chi connectivity index (χ4v) is 4.18. The molecule has 1 saturated heterocycles. The smallest absolute Gasteiger partial charge is 0.142 e. The van der Waals surface area contributed by atoms with Crippen LogP contribution in [0.15, 0.2) is 48.9 Å². The van der Waals surface area contributed by atoms with Crippen LogP contribution in [0.3, 0.4) is 0 Å². The van der Waals surface area contributed by atoms with Crippen LogP contribution < -0.4 is 4.90 Å². The monoisotopic (exact) mass is 363 g/mol. The van der Waals surface area contributed by atoms with Crippen LogP contribution in [0.2, 0.25) is 0 Å². The molecule has 2 aromatic heterocycles. The van der Waals surface area contributed by atoms with E-state index in [4.69, 9.17) is 0 Å². The van der Waals surface area contributed by atoms with Crippen LogP contribution in [0, 0.1) is 0 Å². The van der Waals surface area contributed by atoms with E-state index in [1.54, 1.807) is 6.33 Å². The molecule has 1 N–H and O–H groups in total. The Morgan fingerprint density at radius 2 is 1.85 bits per heavy atom. The van der Waals surface area contributed by atoms with Crippen molar-refractivity contribution in [3.8, 4) is 0 Å². The largest absolute Gasteiger partial charge is 0.354 e. The van der Waals surface area contributed by atoms with Crippen LogP contribution in [0.1, 0.15) is 38.7 Å². The Hall–Kier alpha value is -2.40. The first-order valence-corrected chi connectivity index (χ1v) is 10.2. The molecule has 1 spiro atoms. The zero-order valence-corrected chi connectivity index (χ0v) is 16.4. The van der Waals surface area contributed by atoms with E-state index in [-0.39, 0.29) is 0 Å². The van der Waals surface area contributed by atoms with Crippen molar-refractivity contribution in [2.24, 2.45) is 0 Å². The van der Waals surface area contributed by atoms with Crippen LogP contribution >= 0.6 is 0 Å². The highest BCUT2D eigenvalue weighted by molar-refractivity contribution is 5.87. The Balaban J connectivity index is 0.000000872. The van der Waals surface area contributed by atoms with Crippen LogP contribution in [0.25, 0.3) is 11.0 Å². The molecule has 0 unspecified atom stereocenters. The minimum Gasteiger partial charge on any atom is -0.354 e. The van der Waals surface area contributed by atoms with E-state index in [1.807, 2.05) is 20.0 Å². The molecule has 3 aromatic rings. The summed E-state index contributed by atoms with van der Waals surface area (Å²) in [6, 6.07) is 13.0. The Bertz CT molecular complexity index is 869. The van der Waals surface area contributed by atoms with E-state index in [2.05, 4.69) is 61.1 Å². The van der Waals surface area contributed by atoms with Gasteiger partial charge in [-0.1, -0.05) is 44.2 Å². The number of nitrogens with one attached hydrogen (secondary N) is 1. The standard InChI is InChI=1S/C20H23N5.C2H6/c1-2-5-16(6-3-1)13-25-12-4-11-24(14-20(25)8-9-20)19-17-7-10-21-18(17)22-15-23-19;1-2/h1-3,5-7,10,15H,4,8-9,11-14H2,(H,21,22,23);1-2H3. The summed E-state index contributed by atoms with van der Waals surface area (Å²) >= 11 is 0. The van der Waals surface area contributed by atoms with Crippen molar-refractivity contribution in [2.75, 3.05) is 24.5 Å². The number of fused-ring (bicyclic) bond motifs is 1. The molecule has 0 radical (unpaired) electrons. The summed E-state index contributed by atoms with van der Waals surface area (Å²) in [6.07, 6.45) is 7.38. The first kappa shape index (κ1) is 18.0. The maximum atomic E-state index is 4.62. The van der Waals surface area contributed by atoms with Crippen molar-refractivity contribution in [1.29, 1.82) is 0 Å².